The van der Waals surface area contributed by atoms with Crippen LogP contribution in [0.5, 0.6) is 0 Å². The van der Waals surface area contributed by atoms with Gasteiger partial charge in [0.1, 0.15) is 12.6 Å². The maximum Gasteiger partial charge on any atom is 0.244 e. The van der Waals surface area contributed by atoms with Crippen molar-refractivity contribution in [3.63, 3.8) is 0 Å². The number of sulfonamides is 1. The smallest absolute Gasteiger partial charge is 0.244 e. The molecule has 0 aromatic heterocycles. The van der Waals surface area contributed by atoms with Gasteiger partial charge in [-0.25, -0.2) is 8.42 Å². The number of carbonyl (C=O) groups excluding carboxylic acids is 2. The Labute approximate surface area is 218 Å². The number of hydrogen-bond donors (Lipinski definition) is 1. The van der Waals surface area contributed by atoms with Crippen molar-refractivity contribution in [2.24, 2.45) is 5.92 Å². The summed E-state index contributed by atoms with van der Waals surface area (Å²) in [5.41, 5.74) is 2.02. The molecule has 0 aliphatic rings. The van der Waals surface area contributed by atoms with E-state index in [0.717, 1.165) is 21.7 Å². The van der Waals surface area contributed by atoms with Gasteiger partial charge in [-0.3, -0.25) is 13.9 Å². The van der Waals surface area contributed by atoms with Crippen LogP contribution in [-0.2, 0) is 26.2 Å². The normalized spacial score (nSPS) is 12.3. The number of halogens is 2. The van der Waals surface area contributed by atoms with Gasteiger partial charge < -0.3 is 10.2 Å². The van der Waals surface area contributed by atoms with Gasteiger partial charge in [-0.15, -0.1) is 0 Å². The zero-order chi connectivity index (χ0) is 26.3. The van der Waals surface area contributed by atoms with Gasteiger partial charge in [0, 0.05) is 23.1 Å². The van der Waals surface area contributed by atoms with Crippen LogP contribution in [0.4, 0.5) is 5.69 Å². The van der Waals surface area contributed by atoms with Crippen molar-refractivity contribution in [2.45, 2.75) is 46.7 Å². The lowest BCUT2D eigenvalue weighted by molar-refractivity contribution is -0.140. The van der Waals surface area contributed by atoms with Crippen LogP contribution in [0.3, 0.4) is 0 Å². The van der Waals surface area contributed by atoms with Crippen LogP contribution in [0, 0.1) is 12.8 Å². The fourth-order valence-corrected chi connectivity index (χ4v) is 4.99. The van der Waals surface area contributed by atoms with Gasteiger partial charge in [-0.05, 0) is 43.0 Å². The minimum absolute atomic E-state index is 0.155. The molecule has 0 heterocycles. The Morgan fingerprint density at radius 3 is 2.20 bits per heavy atom. The fraction of sp³-hybridized carbons (Fsp3) is 0.440. The average Bonchev–Trinajstić information content (AvgIpc) is 2.74. The van der Waals surface area contributed by atoms with Crippen LogP contribution >= 0.6 is 23.2 Å². The van der Waals surface area contributed by atoms with E-state index in [0.29, 0.717) is 13.0 Å². The summed E-state index contributed by atoms with van der Waals surface area (Å²) in [5, 5.41) is 3.38. The maximum atomic E-state index is 13.6. The molecule has 1 atom stereocenters. The highest BCUT2D eigenvalue weighted by Crippen LogP contribution is 2.27. The standard InChI is InChI=1S/C25H33Cl2N3O4S/c1-6-23(25(32)28-14-17(2)3)29(15-19-9-7-8-18(4)10-19)24(31)16-30(35(5,33)34)22-12-20(26)11-21(27)13-22/h7-13,17,23H,6,14-16H2,1-5H3,(H,28,32)/t23-/m0/s1. The number of hydrogen-bond acceptors (Lipinski definition) is 4. The van der Waals surface area contributed by atoms with E-state index in [1.165, 1.54) is 23.1 Å². The molecule has 0 aliphatic carbocycles. The Morgan fingerprint density at radius 2 is 1.69 bits per heavy atom. The van der Waals surface area contributed by atoms with E-state index in [9.17, 15) is 18.0 Å². The van der Waals surface area contributed by atoms with Gasteiger partial charge in [0.2, 0.25) is 21.8 Å². The monoisotopic (exact) mass is 541 g/mol. The van der Waals surface area contributed by atoms with E-state index < -0.39 is 28.5 Å². The third kappa shape index (κ3) is 8.70. The van der Waals surface area contributed by atoms with E-state index in [1.807, 2.05) is 52.0 Å². The average molecular weight is 543 g/mol. The number of nitrogens with zero attached hydrogens (tertiary/aromatic N) is 2. The molecule has 0 radical (unpaired) electrons. The molecule has 0 bridgehead atoms. The van der Waals surface area contributed by atoms with Crippen molar-refractivity contribution < 1.29 is 18.0 Å². The second-order valence-corrected chi connectivity index (χ2v) is 11.8. The molecule has 7 nitrogen and oxygen atoms in total. The molecule has 0 unspecified atom stereocenters. The quantitative estimate of drug-likeness (QED) is 0.448. The lowest BCUT2D eigenvalue weighted by Crippen LogP contribution is -2.52. The Balaban J connectivity index is 2.45. The Bertz CT molecular complexity index is 1130. The van der Waals surface area contributed by atoms with Crippen molar-refractivity contribution >= 4 is 50.7 Å². The molecule has 2 aromatic rings. The SMILES string of the molecule is CC[C@@H](C(=O)NCC(C)C)N(Cc1cccc(C)c1)C(=O)CN(c1cc(Cl)cc(Cl)c1)S(C)(=O)=O. The Kier molecular flexibility index (Phi) is 10.4. The summed E-state index contributed by atoms with van der Waals surface area (Å²) in [7, 11) is -3.87. The Hall–Kier alpha value is -2.29. The molecular formula is C25H33Cl2N3O4S. The molecule has 2 rings (SSSR count). The first kappa shape index (κ1) is 28.9. The van der Waals surface area contributed by atoms with Crippen molar-refractivity contribution in [2.75, 3.05) is 23.7 Å². The summed E-state index contributed by atoms with van der Waals surface area (Å²) in [6.07, 6.45) is 1.37. The molecular weight excluding hydrogens is 509 g/mol. The van der Waals surface area contributed by atoms with Crippen LogP contribution in [-0.4, -0.2) is 50.5 Å². The fourth-order valence-electron chi connectivity index (χ4n) is 3.65. The largest absolute Gasteiger partial charge is 0.354 e. The van der Waals surface area contributed by atoms with Gasteiger partial charge in [0.25, 0.3) is 0 Å². The zero-order valence-corrected chi connectivity index (χ0v) is 23.0. The van der Waals surface area contributed by atoms with Crippen LogP contribution in [0.15, 0.2) is 42.5 Å². The van der Waals surface area contributed by atoms with E-state index in [2.05, 4.69) is 5.32 Å². The van der Waals surface area contributed by atoms with Gasteiger partial charge in [0.05, 0.1) is 11.9 Å². The van der Waals surface area contributed by atoms with E-state index in [4.69, 9.17) is 23.2 Å². The molecule has 192 valence electrons. The summed E-state index contributed by atoms with van der Waals surface area (Å²) in [6, 6.07) is 11.2. The summed E-state index contributed by atoms with van der Waals surface area (Å²) >= 11 is 12.2. The van der Waals surface area contributed by atoms with Crippen LogP contribution in [0.2, 0.25) is 10.0 Å². The summed E-state index contributed by atoms with van der Waals surface area (Å²) in [4.78, 5) is 28.1. The van der Waals surface area contributed by atoms with Gasteiger partial charge in [-0.2, -0.15) is 0 Å². The van der Waals surface area contributed by atoms with Crippen LogP contribution in [0.1, 0.15) is 38.3 Å². The highest BCUT2D eigenvalue weighted by Gasteiger charge is 2.32. The first-order valence-corrected chi connectivity index (χ1v) is 14.0. The Morgan fingerprint density at radius 1 is 1.06 bits per heavy atom. The lowest BCUT2D eigenvalue weighted by Gasteiger charge is -2.33. The third-order valence-electron chi connectivity index (χ3n) is 5.32. The van der Waals surface area contributed by atoms with Crippen molar-refractivity contribution in [1.29, 1.82) is 0 Å². The molecule has 35 heavy (non-hydrogen) atoms. The number of benzene rings is 2. The number of amides is 2. The predicted molar refractivity (Wildman–Crippen MR) is 142 cm³/mol. The lowest BCUT2D eigenvalue weighted by atomic mass is 10.1. The van der Waals surface area contributed by atoms with Gasteiger partial charge in [-0.1, -0.05) is 73.8 Å². The topological polar surface area (TPSA) is 86.8 Å². The first-order chi connectivity index (χ1) is 16.3. The molecule has 0 fully saturated rings. The summed E-state index contributed by atoms with van der Waals surface area (Å²) in [6.45, 7) is 7.85. The molecule has 0 aliphatic heterocycles. The number of aryl methyl sites for hydroxylation is 1. The maximum absolute atomic E-state index is 13.6. The molecule has 2 aromatic carbocycles. The van der Waals surface area contributed by atoms with Gasteiger partial charge in [0.15, 0.2) is 0 Å². The second kappa shape index (κ2) is 12.6. The number of anilines is 1. The minimum atomic E-state index is -3.87. The molecule has 1 N–H and O–H groups in total. The summed E-state index contributed by atoms with van der Waals surface area (Å²) in [5.74, 6) is -0.552. The second-order valence-electron chi connectivity index (χ2n) is 8.97. The highest BCUT2D eigenvalue weighted by atomic mass is 35.5. The van der Waals surface area contributed by atoms with Gasteiger partial charge >= 0.3 is 0 Å². The van der Waals surface area contributed by atoms with E-state index >= 15 is 0 Å². The van der Waals surface area contributed by atoms with E-state index in [1.54, 1.807) is 0 Å². The number of rotatable bonds is 11. The van der Waals surface area contributed by atoms with Crippen molar-refractivity contribution in [3.8, 4) is 0 Å². The minimum Gasteiger partial charge on any atom is -0.354 e. The highest BCUT2D eigenvalue weighted by molar-refractivity contribution is 7.92. The third-order valence-corrected chi connectivity index (χ3v) is 6.90. The molecule has 0 spiro atoms. The molecule has 0 saturated carbocycles. The predicted octanol–water partition coefficient (Wildman–Crippen LogP) is 4.65. The molecule has 0 saturated heterocycles. The first-order valence-electron chi connectivity index (χ1n) is 11.4. The summed E-state index contributed by atoms with van der Waals surface area (Å²) < 4.78 is 26.3. The van der Waals surface area contributed by atoms with Crippen molar-refractivity contribution in [1.82, 2.24) is 10.2 Å². The number of nitrogens with one attached hydrogen (secondary N) is 1. The van der Waals surface area contributed by atoms with Crippen molar-refractivity contribution in [3.05, 3.63) is 63.6 Å². The molecule has 10 heteroatoms. The van der Waals surface area contributed by atoms with Crippen LogP contribution in [0.25, 0.3) is 0 Å². The number of carbonyl (C=O) groups is 2. The van der Waals surface area contributed by atoms with E-state index in [-0.39, 0.29) is 34.1 Å². The van der Waals surface area contributed by atoms with Crippen LogP contribution < -0.4 is 9.62 Å². The molecule has 2 amide bonds. The zero-order valence-electron chi connectivity index (χ0n) is 20.7.